The predicted octanol–water partition coefficient (Wildman–Crippen LogP) is 4.39. The van der Waals surface area contributed by atoms with E-state index in [0.717, 1.165) is 0 Å². The van der Waals surface area contributed by atoms with Crippen LogP contribution in [0, 0.1) is 11.7 Å². The fraction of sp³-hybridized carbons (Fsp3) is 0.348. The lowest BCUT2D eigenvalue weighted by Gasteiger charge is -2.21. The van der Waals surface area contributed by atoms with Crippen LogP contribution in [0.2, 0.25) is 0 Å². The Bertz CT molecular complexity index is 1220. The van der Waals surface area contributed by atoms with Gasteiger partial charge in [-0.15, -0.1) is 0 Å². The number of hydrogen-bond donors (Lipinski definition) is 1. The van der Waals surface area contributed by atoms with Gasteiger partial charge in [0.15, 0.2) is 0 Å². The van der Waals surface area contributed by atoms with Crippen molar-refractivity contribution in [2.45, 2.75) is 44.0 Å². The molecule has 4 rings (SSSR count). The minimum absolute atomic E-state index is 0.117. The summed E-state index contributed by atoms with van der Waals surface area (Å²) in [6.45, 7) is 4.23. The number of nitrogens with zero attached hydrogens (tertiary/aromatic N) is 3. The molecule has 33 heavy (non-hydrogen) atoms. The van der Waals surface area contributed by atoms with E-state index in [0.29, 0.717) is 37.1 Å². The third-order valence-corrected chi connectivity index (χ3v) is 7.29. The fourth-order valence-corrected chi connectivity index (χ4v) is 5.44. The normalized spacial score (nSPS) is 16.9. The molecule has 0 bridgehead atoms. The zero-order valence-corrected chi connectivity index (χ0v) is 19.2. The lowest BCUT2D eigenvalue weighted by molar-refractivity contribution is -0.116. The van der Waals surface area contributed by atoms with Crippen molar-refractivity contribution in [3.8, 4) is 11.4 Å². The predicted molar refractivity (Wildman–Crippen MR) is 120 cm³/mol. The minimum atomic E-state index is -3.82. The Balaban J connectivity index is 1.52. The molecule has 10 heteroatoms. The summed E-state index contributed by atoms with van der Waals surface area (Å²) in [4.78, 5) is 16.4. The van der Waals surface area contributed by atoms with Crippen molar-refractivity contribution in [1.29, 1.82) is 0 Å². The van der Waals surface area contributed by atoms with Crippen LogP contribution in [0.3, 0.4) is 0 Å². The number of sulfonamides is 1. The maximum absolute atomic E-state index is 13.3. The van der Waals surface area contributed by atoms with E-state index in [-0.39, 0.29) is 34.3 Å². The second-order valence-corrected chi connectivity index (χ2v) is 10.3. The van der Waals surface area contributed by atoms with Crippen molar-refractivity contribution < 1.29 is 22.1 Å². The minimum Gasteiger partial charge on any atom is -0.337 e. The first kappa shape index (κ1) is 23.1. The highest BCUT2D eigenvalue weighted by molar-refractivity contribution is 7.89. The Hall–Kier alpha value is -3.11. The van der Waals surface area contributed by atoms with Crippen LogP contribution in [0.1, 0.15) is 45.0 Å². The zero-order valence-electron chi connectivity index (χ0n) is 18.4. The van der Waals surface area contributed by atoms with Crippen LogP contribution in [-0.4, -0.2) is 35.3 Å². The maximum Gasteiger partial charge on any atom is 0.245 e. The van der Waals surface area contributed by atoms with Crippen LogP contribution in [0.4, 0.5) is 10.1 Å². The topological polar surface area (TPSA) is 105 Å². The molecule has 1 atom stereocenters. The van der Waals surface area contributed by atoms with Crippen molar-refractivity contribution >= 4 is 21.6 Å². The van der Waals surface area contributed by atoms with E-state index in [1.165, 1.54) is 40.7 Å². The van der Waals surface area contributed by atoms with Crippen LogP contribution >= 0.6 is 0 Å². The molecule has 0 saturated carbocycles. The highest BCUT2D eigenvalue weighted by atomic mass is 32.2. The highest BCUT2D eigenvalue weighted by Gasteiger charge is 2.39. The molecule has 1 saturated heterocycles. The Morgan fingerprint density at radius 2 is 1.88 bits per heavy atom. The van der Waals surface area contributed by atoms with E-state index < -0.39 is 16.1 Å². The van der Waals surface area contributed by atoms with Crippen molar-refractivity contribution in [2.24, 2.45) is 5.92 Å². The first-order valence-corrected chi connectivity index (χ1v) is 12.2. The number of benzene rings is 2. The molecule has 1 N–H and O–H groups in total. The van der Waals surface area contributed by atoms with Gasteiger partial charge in [0, 0.05) is 24.2 Å². The molecular weight excluding hydrogens is 447 g/mol. The van der Waals surface area contributed by atoms with Gasteiger partial charge in [-0.25, -0.2) is 12.8 Å². The van der Waals surface area contributed by atoms with E-state index in [9.17, 15) is 17.6 Å². The van der Waals surface area contributed by atoms with Crippen molar-refractivity contribution in [1.82, 2.24) is 14.4 Å². The number of aromatic nitrogens is 2. The summed E-state index contributed by atoms with van der Waals surface area (Å²) in [5, 5.41) is 6.71. The van der Waals surface area contributed by atoms with Gasteiger partial charge in [0.05, 0.1) is 4.90 Å². The van der Waals surface area contributed by atoms with Crippen molar-refractivity contribution in [2.75, 3.05) is 11.9 Å². The quantitative estimate of drug-likeness (QED) is 0.547. The highest BCUT2D eigenvalue weighted by Crippen LogP contribution is 2.36. The standard InChI is InChI=1S/C23H25FN4O4S/c1-15(2)14-21(29)25-18-9-11-19(12-10-18)33(30,31)28-13-3-4-20(28)23-26-22(27-32-23)16-5-7-17(24)8-6-16/h5-12,15,20H,3-4,13-14H2,1-2H3,(H,25,29). The van der Waals surface area contributed by atoms with E-state index in [1.807, 2.05) is 13.8 Å². The van der Waals surface area contributed by atoms with Gasteiger partial charge in [0.1, 0.15) is 11.9 Å². The molecule has 1 aliphatic rings. The first-order chi connectivity index (χ1) is 15.7. The Kier molecular flexibility index (Phi) is 6.57. The summed E-state index contributed by atoms with van der Waals surface area (Å²) < 4.78 is 46.6. The second kappa shape index (κ2) is 9.40. The van der Waals surface area contributed by atoms with Crippen LogP contribution < -0.4 is 5.32 Å². The SMILES string of the molecule is CC(C)CC(=O)Nc1ccc(S(=O)(=O)N2CCCC2c2nc(-c3ccc(F)cc3)no2)cc1. The molecule has 1 amide bonds. The van der Waals surface area contributed by atoms with Gasteiger partial charge < -0.3 is 9.84 Å². The molecule has 3 aromatic rings. The fourth-order valence-electron chi connectivity index (χ4n) is 3.79. The van der Waals surface area contributed by atoms with E-state index in [1.54, 1.807) is 12.1 Å². The number of carbonyl (C=O) groups is 1. The van der Waals surface area contributed by atoms with Gasteiger partial charge in [0.2, 0.25) is 27.6 Å². The molecule has 2 heterocycles. The summed E-state index contributed by atoms with van der Waals surface area (Å²) in [7, 11) is -3.82. The molecule has 2 aromatic carbocycles. The van der Waals surface area contributed by atoms with E-state index in [2.05, 4.69) is 15.5 Å². The number of carbonyl (C=O) groups excluding carboxylic acids is 1. The Labute approximate surface area is 191 Å². The molecule has 1 aliphatic heterocycles. The molecule has 0 spiro atoms. The first-order valence-electron chi connectivity index (χ1n) is 10.8. The van der Waals surface area contributed by atoms with Gasteiger partial charge in [-0.05, 0) is 67.3 Å². The number of halogens is 1. The summed E-state index contributed by atoms with van der Waals surface area (Å²) in [6.07, 6.45) is 1.59. The maximum atomic E-state index is 13.3. The molecule has 174 valence electrons. The van der Waals surface area contributed by atoms with Crippen LogP contribution in [-0.2, 0) is 14.8 Å². The van der Waals surface area contributed by atoms with Crippen molar-refractivity contribution in [3.63, 3.8) is 0 Å². The lowest BCUT2D eigenvalue weighted by Crippen LogP contribution is -2.30. The average molecular weight is 473 g/mol. The third-order valence-electron chi connectivity index (χ3n) is 5.37. The Morgan fingerprint density at radius 3 is 2.55 bits per heavy atom. The lowest BCUT2D eigenvalue weighted by atomic mass is 10.1. The van der Waals surface area contributed by atoms with Crippen LogP contribution in [0.5, 0.6) is 0 Å². The molecule has 0 aliphatic carbocycles. The van der Waals surface area contributed by atoms with E-state index in [4.69, 9.17) is 4.52 Å². The number of anilines is 1. The number of nitrogens with one attached hydrogen (secondary N) is 1. The molecular formula is C23H25FN4O4S. The van der Waals surface area contributed by atoms with Gasteiger partial charge in [0.25, 0.3) is 0 Å². The number of hydrogen-bond acceptors (Lipinski definition) is 6. The number of rotatable bonds is 7. The Morgan fingerprint density at radius 1 is 1.18 bits per heavy atom. The molecule has 8 nitrogen and oxygen atoms in total. The van der Waals surface area contributed by atoms with Gasteiger partial charge in [-0.3, -0.25) is 4.79 Å². The molecule has 0 radical (unpaired) electrons. The van der Waals surface area contributed by atoms with Gasteiger partial charge >= 0.3 is 0 Å². The summed E-state index contributed by atoms with van der Waals surface area (Å²) in [5.41, 5.74) is 1.12. The smallest absolute Gasteiger partial charge is 0.245 e. The van der Waals surface area contributed by atoms with Crippen molar-refractivity contribution in [3.05, 3.63) is 60.2 Å². The largest absolute Gasteiger partial charge is 0.337 e. The molecule has 1 unspecified atom stereocenters. The zero-order chi connectivity index (χ0) is 23.6. The number of amides is 1. The average Bonchev–Trinajstić information content (AvgIpc) is 3.44. The van der Waals surface area contributed by atoms with Crippen LogP contribution in [0.25, 0.3) is 11.4 Å². The second-order valence-electron chi connectivity index (χ2n) is 8.41. The van der Waals surface area contributed by atoms with E-state index >= 15 is 0 Å². The molecule has 1 aromatic heterocycles. The monoisotopic (exact) mass is 472 g/mol. The molecule has 1 fully saturated rings. The van der Waals surface area contributed by atoms with Gasteiger partial charge in [-0.2, -0.15) is 9.29 Å². The summed E-state index contributed by atoms with van der Waals surface area (Å²) in [6, 6.07) is 11.2. The summed E-state index contributed by atoms with van der Waals surface area (Å²) in [5.74, 6) is 0.211. The van der Waals surface area contributed by atoms with Crippen LogP contribution in [0.15, 0.2) is 57.9 Å². The van der Waals surface area contributed by atoms with Gasteiger partial charge in [-0.1, -0.05) is 19.0 Å². The summed E-state index contributed by atoms with van der Waals surface area (Å²) >= 11 is 0. The third kappa shape index (κ3) is 5.12.